The smallest absolute Gasteiger partial charge is 0.329 e. The van der Waals surface area contributed by atoms with E-state index in [4.69, 9.17) is 10.00 Å². The van der Waals surface area contributed by atoms with Crippen LogP contribution in [0, 0.1) is 11.3 Å². The number of aromatic nitrogens is 2. The molecule has 2 aliphatic rings. The lowest BCUT2D eigenvalue weighted by atomic mass is 9.99. The van der Waals surface area contributed by atoms with Crippen LogP contribution >= 0.6 is 0 Å². The summed E-state index contributed by atoms with van der Waals surface area (Å²) < 4.78 is 9.08. The van der Waals surface area contributed by atoms with Crippen LogP contribution in [0.2, 0.25) is 0 Å². The average Bonchev–Trinajstić information content (AvgIpc) is 2.93. The number of benzene rings is 1. The average molecular weight is 340 g/mol. The van der Waals surface area contributed by atoms with Gasteiger partial charge in [0.15, 0.2) is 0 Å². The molecule has 0 unspecified atom stereocenters. The van der Waals surface area contributed by atoms with Gasteiger partial charge in [-0.25, -0.2) is 4.79 Å². The number of aryl methyl sites for hydroxylation is 1. The maximum atomic E-state index is 12.8. The van der Waals surface area contributed by atoms with Gasteiger partial charge in [0.05, 0.1) is 22.7 Å². The fourth-order valence-electron chi connectivity index (χ4n) is 4.35. The molecule has 2 aliphatic heterocycles. The van der Waals surface area contributed by atoms with Crippen molar-refractivity contribution in [3.8, 4) is 6.07 Å². The lowest BCUT2D eigenvalue weighted by Crippen LogP contribution is -2.45. The third kappa shape index (κ3) is 2.88. The van der Waals surface area contributed by atoms with Gasteiger partial charge in [-0.2, -0.15) is 5.26 Å². The van der Waals surface area contributed by atoms with Gasteiger partial charge in [-0.15, -0.1) is 0 Å². The molecule has 0 saturated carbocycles. The molecule has 1 aromatic heterocycles. The first-order chi connectivity index (χ1) is 12.2. The minimum atomic E-state index is 0.0228. The first-order valence-electron chi connectivity index (χ1n) is 9.12. The van der Waals surface area contributed by atoms with Crippen LogP contribution in [0.5, 0.6) is 0 Å². The quantitative estimate of drug-likeness (QED) is 0.839. The van der Waals surface area contributed by atoms with Gasteiger partial charge in [-0.3, -0.25) is 9.13 Å². The van der Waals surface area contributed by atoms with Crippen LogP contribution in [0.25, 0.3) is 11.0 Å². The van der Waals surface area contributed by atoms with Crippen LogP contribution in [0.15, 0.2) is 23.0 Å². The van der Waals surface area contributed by atoms with E-state index >= 15 is 0 Å². The number of piperidine rings is 1. The Bertz CT molecular complexity index is 862. The number of nitrogens with zero attached hydrogens (tertiary/aromatic N) is 4. The number of hydrogen-bond donors (Lipinski definition) is 0. The Morgan fingerprint density at radius 2 is 1.80 bits per heavy atom. The van der Waals surface area contributed by atoms with Crippen molar-refractivity contribution in [1.29, 1.82) is 5.26 Å². The van der Waals surface area contributed by atoms with E-state index in [1.807, 2.05) is 16.7 Å². The SMILES string of the molecule is Cn1c(=O)n(C2CCN(C3CCOCC3)CC2)c2ccc(C#N)cc21. The second-order valence-electron chi connectivity index (χ2n) is 7.14. The number of fused-ring (bicyclic) bond motifs is 1. The summed E-state index contributed by atoms with van der Waals surface area (Å²) in [6.07, 6.45) is 4.23. The normalized spacial score (nSPS) is 20.8. The van der Waals surface area contributed by atoms with Crippen molar-refractivity contribution >= 4 is 11.0 Å². The van der Waals surface area contributed by atoms with Gasteiger partial charge in [0.1, 0.15) is 0 Å². The van der Waals surface area contributed by atoms with Crippen LogP contribution < -0.4 is 5.69 Å². The van der Waals surface area contributed by atoms with Gasteiger partial charge in [-0.1, -0.05) is 0 Å². The molecule has 6 nitrogen and oxygen atoms in total. The molecule has 25 heavy (non-hydrogen) atoms. The highest BCUT2D eigenvalue weighted by Crippen LogP contribution is 2.28. The third-order valence-corrected chi connectivity index (χ3v) is 5.79. The van der Waals surface area contributed by atoms with Crippen molar-refractivity contribution in [2.24, 2.45) is 7.05 Å². The highest BCUT2D eigenvalue weighted by Gasteiger charge is 2.29. The van der Waals surface area contributed by atoms with E-state index in [2.05, 4.69) is 11.0 Å². The summed E-state index contributed by atoms with van der Waals surface area (Å²) in [5.41, 5.74) is 2.40. The molecule has 132 valence electrons. The molecule has 0 atom stereocenters. The fraction of sp³-hybridized carbons (Fsp3) is 0.579. The van der Waals surface area contributed by atoms with Gasteiger partial charge in [-0.05, 0) is 43.9 Å². The second-order valence-corrected chi connectivity index (χ2v) is 7.14. The maximum Gasteiger partial charge on any atom is 0.329 e. The van der Waals surface area contributed by atoms with Crippen molar-refractivity contribution < 1.29 is 4.74 Å². The summed E-state index contributed by atoms with van der Waals surface area (Å²) in [4.78, 5) is 15.4. The Morgan fingerprint density at radius 3 is 2.48 bits per heavy atom. The standard InChI is InChI=1S/C19H24N4O2/c1-21-18-12-14(13-20)2-3-17(18)23(19(21)24)16-4-8-22(9-5-16)15-6-10-25-11-7-15/h2-3,12,15-16H,4-11H2,1H3. The molecular formula is C19H24N4O2. The minimum Gasteiger partial charge on any atom is -0.381 e. The molecule has 1 aromatic carbocycles. The molecule has 0 aliphatic carbocycles. The van der Waals surface area contributed by atoms with E-state index < -0.39 is 0 Å². The molecule has 0 spiro atoms. The molecule has 0 N–H and O–H groups in total. The number of ether oxygens (including phenoxy) is 1. The van der Waals surface area contributed by atoms with Crippen LogP contribution in [0.3, 0.4) is 0 Å². The zero-order valence-electron chi connectivity index (χ0n) is 14.6. The van der Waals surface area contributed by atoms with Gasteiger partial charge in [0.25, 0.3) is 0 Å². The largest absolute Gasteiger partial charge is 0.381 e. The number of imidazole rings is 1. The lowest BCUT2D eigenvalue weighted by molar-refractivity contribution is 0.0220. The second kappa shape index (κ2) is 6.66. The molecule has 2 fully saturated rings. The molecular weight excluding hydrogens is 316 g/mol. The Hall–Kier alpha value is -2.10. The highest BCUT2D eigenvalue weighted by molar-refractivity contribution is 5.78. The topological polar surface area (TPSA) is 63.2 Å². The van der Waals surface area contributed by atoms with Gasteiger partial charge in [0, 0.05) is 45.4 Å². The highest BCUT2D eigenvalue weighted by atomic mass is 16.5. The summed E-state index contributed by atoms with van der Waals surface area (Å²) in [7, 11) is 1.79. The summed E-state index contributed by atoms with van der Waals surface area (Å²) in [5.74, 6) is 0. The Morgan fingerprint density at radius 1 is 1.08 bits per heavy atom. The number of nitriles is 1. The van der Waals surface area contributed by atoms with Crippen LogP contribution in [0.4, 0.5) is 0 Å². The Labute approximate surface area is 147 Å². The van der Waals surface area contributed by atoms with Crippen LogP contribution in [-0.2, 0) is 11.8 Å². The monoisotopic (exact) mass is 340 g/mol. The summed E-state index contributed by atoms with van der Waals surface area (Å²) in [6.45, 7) is 3.81. The van der Waals surface area contributed by atoms with Gasteiger partial charge >= 0.3 is 5.69 Å². The van der Waals surface area contributed by atoms with Crippen molar-refractivity contribution in [1.82, 2.24) is 14.0 Å². The van der Waals surface area contributed by atoms with E-state index in [-0.39, 0.29) is 11.7 Å². The minimum absolute atomic E-state index is 0.0228. The molecule has 0 bridgehead atoms. The maximum absolute atomic E-state index is 12.8. The van der Waals surface area contributed by atoms with Crippen molar-refractivity contribution in [3.63, 3.8) is 0 Å². The molecule has 0 radical (unpaired) electrons. The van der Waals surface area contributed by atoms with Crippen molar-refractivity contribution in [3.05, 3.63) is 34.2 Å². The molecule has 3 heterocycles. The third-order valence-electron chi connectivity index (χ3n) is 5.79. The number of likely N-dealkylation sites (tertiary alicyclic amines) is 1. The first kappa shape index (κ1) is 16.4. The molecule has 2 saturated heterocycles. The van der Waals surface area contributed by atoms with Crippen LogP contribution in [-0.4, -0.2) is 46.4 Å². The first-order valence-corrected chi connectivity index (χ1v) is 9.12. The van der Waals surface area contributed by atoms with E-state index in [0.29, 0.717) is 11.6 Å². The predicted octanol–water partition coefficient (Wildman–Crippen LogP) is 2.03. The van der Waals surface area contributed by atoms with Gasteiger partial charge < -0.3 is 9.64 Å². The Kier molecular flexibility index (Phi) is 4.36. The summed E-state index contributed by atoms with van der Waals surface area (Å²) in [5, 5.41) is 9.11. The van der Waals surface area contributed by atoms with Gasteiger partial charge in [0.2, 0.25) is 0 Å². The van der Waals surface area contributed by atoms with E-state index in [0.717, 1.165) is 63.0 Å². The van der Waals surface area contributed by atoms with Crippen LogP contribution in [0.1, 0.15) is 37.3 Å². The van der Waals surface area contributed by atoms with Crippen molar-refractivity contribution in [2.45, 2.75) is 37.8 Å². The molecule has 6 heteroatoms. The van der Waals surface area contributed by atoms with Crippen molar-refractivity contribution in [2.75, 3.05) is 26.3 Å². The zero-order chi connectivity index (χ0) is 17.4. The molecule has 0 amide bonds. The molecule has 4 rings (SSSR count). The zero-order valence-corrected chi connectivity index (χ0v) is 14.6. The fourth-order valence-corrected chi connectivity index (χ4v) is 4.35. The summed E-state index contributed by atoms with van der Waals surface area (Å²) >= 11 is 0. The van der Waals surface area contributed by atoms with E-state index in [1.54, 1.807) is 17.7 Å². The van der Waals surface area contributed by atoms with E-state index in [1.165, 1.54) is 0 Å². The Balaban J connectivity index is 1.58. The predicted molar refractivity (Wildman–Crippen MR) is 95.6 cm³/mol. The number of hydrogen-bond acceptors (Lipinski definition) is 4. The lowest BCUT2D eigenvalue weighted by Gasteiger charge is -2.39. The van der Waals surface area contributed by atoms with E-state index in [9.17, 15) is 4.79 Å². The number of rotatable bonds is 2. The summed E-state index contributed by atoms with van der Waals surface area (Å²) in [6, 6.07) is 8.56. The molecule has 2 aromatic rings.